The van der Waals surface area contributed by atoms with Crippen molar-refractivity contribution in [3.63, 3.8) is 0 Å². The third kappa shape index (κ3) is 5.36. The van der Waals surface area contributed by atoms with Crippen molar-refractivity contribution in [3.05, 3.63) is 65.7 Å². The minimum Gasteiger partial charge on any atom is -0.351 e. The zero-order chi connectivity index (χ0) is 17.5. The van der Waals surface area contributed by atoms with Crippen molar-refractivity contribution in [2.45, 2.75) is 30.8 Å². The summed E-state index contributed by atoms with van der Waals surface area (Å²) < 4.78 is 0. The van der Waals surface area contributed by atoms with Crippen molar-refractivity contribution in [1.29, 1.82) is 0 Å². The van der Waals surface area contributed by atoms with Crippen LogP contribution in [0.15, 0.2) is 59.5 Å². The summed E-state index contributed by atoms with van der Waals surface area (Å²) in [5, 5.41) is 2.96. The number of thioether (sulfide) groups is 1. The number of carbonyl (C=O) groups excluding carboxylic acids is 2. The lowest BCUT2D eigenvalue weighted by atomic mass is 10.1. The highest BCUT2D eigenvalue weighted by atomic mass is 32.2. The number of benzene rings is 2. The van der Waals surface area contributed by atoms with Gasteiger partial charge in [-0.1, -0.05) is 42.5 Å². The Hall–Kier alpha value is -2.27. The fourth-order valence-corrected chi connectivity index (χ4v) is 3.60. The monoisotopic (exact) mass is 354 g/mol. The molecule has 1 aliphatic rings. The maximum absolute atomic E-state index is 12.0. The zero-order valence-corrected chi connectivity index (χ0v) is 14.9. The highest BCUT2D eigenvalue weighted by Crippen LogP contribution is 2.17. The van der Waals surface area contributed by atoms with E-state index in [1.54, 1.807) is 0 Å². The van der Waals surface area contributed by atoms with Gasteiger partial charge in [-0.25, -0.2) is 0 Å². The van der Waals surface area contributed by atoms with Gasteiger partial charge in [-0.3, -0.25) is 9.59 Å². The van der Waals surface area contributed by atoms with E-state index in [2.05, 4.69) is 11.4 Å². The second kappa shape index (κ2) is 8.72. The van der Waals surface area contributed by atoms with Crippen molar-refractivity contribution >= 4 is 23.6 Å². The fraction of sp³-hybridized carbons (Fsp3) is 0.300. The molecule has 2 aromatic rings. The maximum Gasteiger partial charge on any atom is 0.230 e. The molecule has 0 unspecified atom stereocenters. The summed E-state index contributed by atoms with van der Waals surface area (Å²) in [4.78, 5) is 26.7. The number of carbonyl (C=O) groups is 2. The van der Waals surface area contributed by atoms with Gasteiger partial charge in [-0.15, -0.1) is 11.8 Å². The Morgan fingerprint density at radius 2 is 1.88 bits per heavy atom. The summed E-state index contributed by atoms with van der Waals surface area (Å²) in [5.41, 5.74) is 2.17. The van der Waals surface area contributed by atoms with E-state index in [1.165, 1.54) is 11.8 Å². The van der Waals surface area contributed by atoms with Crippen LogP contribution in [0.4, 0.5) is 0 Å². The molecule has 0 saturated carbocycles. The van der Waals surface area contributed by atoms with Gasteiger partial charge >= 0.3 is 0 Å². The van der Waals surface area contributed by atoms with Gasteiger partial charge in [0.1, 0.15) is 0 Å². The Morgan fingerprint density at radius 3 is 2.64 bits per heavy atom. The number of likely N-dealkylation sites (tertiary alicyclic amines) is 1. The molecular weight excluding hydrogens is 332 g/mol. The van der Waals surface area contributed by atoms with E-state index in [9.17, 15) is 9.59 Å². The van der Waals surface area contributed by atoms with E-state index in [0.29, 0.717) is 25.3 Å². The van der Waals surface area contributed by atoms with E-state index >= 15 is 0 Å². The van der Waals surface area contributed by atoms with Crippen LogP contribution in [0.5, 0.6) is 0 Å². The third-order valence-electron chi connectivity index (χ3n) is 4.14. The molecule has 0 aliphatic carbocycles. The molecular formula is C20H22N2O2S. The Balaban J connectivity index is 1.47. The normalized spacial score (nSPS) is 13.9. The Morgan fingerprint density at radius 1 is 1.08 bits per heavy atom. The quantitative estimate of drug-likeness (QED) is 0.777. The number of nitrogens with zero attached hydrogens (tertiary/aromatic N) is 1. The van der Waals surface area contributed by atoms with E-state index in [4.69, 9.17) is 0 Å². The van der Waals surface area contributed by atoms with E-state index in [-0.39, 0.29) is 11.8 Å². The highest BCUT2D eigenvalue weighted by molar-refractivity contribution is 8.00. The smallest absolute Gasteiger partial charge is 0.230 e. The summed E-state index contributed by atoms with van der Waals surface area (Å²) in [7, 11) is 0. The summed E-state index contributed by atoms with van der Waals surface area (Å²) in [6, 6.07) is 18.0. The van der Waals surface area contributed by atoms with E-state index < -0.39 is 0 Å². The lowest BCUT2D eigenvalue weighted by Crippen LogP contribution is -2.25. The molecule has 1 saturated heterocycles. The van der Waals surface area contributed by atoms with Crippen molar-refractivity contribution in [1.82, 2.24) is 10.2 Å². The first-order valence-corrected chi connectivity index (χ1v) is 9.49. The number of hydrogen-bond acceptors (Lipinski definition) is 3. The number of hydrogen-bond donors (Lipinski definition) is 1. The average Bonchev–Trinajstić information content (AvgIpc) is 3.04. The minimum absolute atomic E-state index is 0.0222. The fourth-order valence-electron chi connectivity index (χ4n) is 2.85. The molecule has 1 aliphatic heterocycles. The van der Waals surface area contributed by atoms with Gasteiger partial charge in [0.05, 0.1) is 5.75 Å². The van der Waals surface area contributed by atoms with Crippen LogP contribution in [0.3, 0.4) is 0 Å². The Labute approximate surface area is 152 Å². The summed E-state index contributed by atoms with van der Waals surface area (Å²) in [6.07, 6.45) is 1.61. The van der Waals surface area contributed by atoms with Gasteiger partial charge in [0.15, 0.2) is 0 Å². The number of rotatable bonds is 7. The lowest BCUT2D eigenvalue weighted by molar-refractivity contribution is -0.128. The molecule has 0 bridgehead atoms. The second-order valence-electron chi connectivity index (χ2n) is 6.12. The van der Waals surface area contributed by atoms with Crippen LogP contribution >= 0.6 is 11.8 Å². The predicted molar refractivity (Wildman–Crippen MR) is 100 cm³/mol. The Bertz CT molecular complexity index is 733. The first kappa shape index (κ1) is 17.5. The van der Waals surface area contributed by atoms with Crippen LogP contribution in [0.25, 0.3) is 0 Å². The number of amides is 2. The molecule has 5 heteroatoms. The van der Waals surface area contributed by atoms with E-state index in [0.717, 1.165) is 29.0 Å². The molecule has 1 fully saturated rings. The molecule has 4 nitrogen and oxygen atoms in total. The van der Waals surface area contributed by atoms with Gasteiger partial charge < -0.3 is 10.2 Å². The van der Waals surface area contributed by atoms with Crippen LogP contribution in [-0.4, -0.2) is 29.0 Å². The van der Waals surface area contributed by atoms with Gasteiger partial charge in [0, 0.05) is 31.0 Å². The molecule has 1 N–H and O–H groups in total. The third-order valence-corrected chi connectivity index (χ3v) is 5.15. The largest absolute Gasteiger partial charge is 0.351 e. The standard InChI is InChI=1S/C20H22N2O2S/c23-19(15-25-18-8-2-1-3-9-18)21-13-16-6-4-7-17(12-16)14-22-11-5-10-20(22)24/h1-4,6-9,12H,5,10-11,13-15H2,(H,21,23). The van der Waals surface area contributed by atoms with Crippen LogP contribution < -0.4 is 5.32 Å². The van der Waals surface area contributed by atoms with Crippen LogP contribution in [0.1, 0.15) is 24.0 Å². The molecule has 0 atom stereocenters. The second-order valence-corrected chi connectivity index (χ2v) is 7.17. The molecule has 25 heavy (non-hydrogen) atoms. The molecule has 2 amide bonds. The average molecular weight is 354 g/mol. The van der Waals surface area contributed by atoms with E-state index in [1.807, 2.05) is 53.4 Å². The van der Waals surface area contributed by atoms with Crippen LogP contribution in [0, 0.1) is 0 Å². The zero-order valence-electron chi connectivity index (χ0n) is 14.1. The summed E-state index contributed by atoms with van der Waals surface area (Å²) in [6.45, 7) is 2.01. The van der Waals surface area contributed by atoms with Gasteiger partial charge in [0.25, 0.3) is 0 Å². The molecule has 0 spiro atoms. The summed E-state index contributed by atoms with van der Waals surface area (Å²) >= 11 is 1.53. The SMILES string of the molecule is O=C(CSc1ccccc1)NCc1cccc(CN2CCCC2=O)c1. The molecule has 130 valence electrons. The highest BCUT2D eigenvalue weighted by Gasteiger charge is 2.19. The van der Waals surface area contributed by atoms with Crippen molar-refractivity contribution in [2.75, 3.05) is 12.3 Å². The Kier molecular flexibility index (Phi) is 6.12. The minimum atomic E-state index is 0.0222. The van der Waals surface area contributed by atoms with Crippen molar-refractivity contribution < 1.29 is 9.59 Å². The van der Waals surface area contributed by atoms with Crippen LogP contribution in [0.2, 0.25) is 0 Å². The van der Waals surface area contributed by atoms with Crippen molar-refractivity contribution in [2.24, 2.45) is 0 Å². The van der Waals surface area contributed by atoms with Crippen molar-refractivity contribution in [3.8, 4) is 0 Å². The van der Waals surface area contributed by atoms with Gasteiger partial charge in [-0.05, 0) is 29.7 Å². The molecule has 1 heterocycles. The number of nitrogens with one attached hydrogen (secondary N) is 1. The molecule has 2 aromatic carbocycles. The predicted octanol–water partition coefficient (Wildman–Crippen LogP) is 3.22. The summed E-state index contributed by atoms with van der Waals surface area (Å²) in [5.74, 6) is 0.664. The molecule has 0 aromatic heterocycles. The maximum atomic E-state index is 12.0. The lowest BCUT2D eigenvalue weighted by Gasteiger charge is -2.16. The van der Waals surface area contributed by atoms with Crippen LogP contribution in [-0.2, 0) is 22.7 Å². The first-order valence-electron chi connectivity index (χ1n) is 8.51. The van der Waals surface area contributed by atoms with Gasteiger partial charge in [0.2, 0.25) is 11.8 Å². The van der Waals surface area contributed by atoms with Gasteiger partial charge in [-0.2, -0.15) is 0 Å². The topological polar surface area (TPSA) is 49.4 Å². The first-order chi connectivity index (χ1) is 12.2. The molecule has 0 radical (unpaired) electrons. The molecule has 3 rings (SSSR count).